The van der Waals surface area contributed by atoms with Gasteiger partial charge in [-0.15, -0.1) is 0 Å². The molecule has 0 aromatic carbocycles. The molecule has 1 heterocycles. The first-order valence-electron chi connectivity index (χ1n) is 7.78. The molecular weight excluding hydrogens is 234 g/mol. The largest absolute Gasteiger partial charge is 0.310 e. The fourth-order valence-corrected chi connectivity index (χ4v) is 3.12. The first-order valence-corrected chi connectivity index (χ1v) is 7.78. The summed E-state index contributed by atoms with van der Waals surface area (Å²) in [7, 11) is 0. The second kappa shape index (κ2) is 5.66. The molecule has 2 rings (SSSR count). The van der Waals surface area contributed by atoms with Crippen LogP contribution in [0.5, 0.6) is 0 Å². The van der Waals surface area contributed by atoms with E-state index in [-0.39, 0.29) is 0 Å². The van der Waals surface area contributed by atoms with Crippen LogP contribution in [-0.2, 0) is 6.42 Å². The molecule has 0 saturated heterocycles. The van der Waals surface area contributed by atoms with E-state index in [9.17, 15) is 0 Å². The third-order valence-electron chi connectivity index (χ3n) is 4.36. The minimum absolute atomic E-state index is 0.365. The highest BCUT2D eigenvalue weighted by Crippen LogP contribution is 2.41. The van der Waals surface area contributed by atoms with Gasteiger partial charge in [-0.05, 0) is 44.6 Å². The van der Waals surface area contributed by atoms with Gasteiger partial charge in [-0.3, -0.25) is 4.68 Å². The van der Waals surface area contributed by atoms with Crippen molar-refractivity contribution in [2.45, 2.75) is 72.4 Å². The maximum atomic E-state index is 4.67. The molecule has 1 aliphatic carbocycles. The van der Waals surface area contributed by atoms with Crippen molar-refractivity contribution in [2.24, 2.45) is 5.41 Å². The van der Waals surface area contributed by atoms with Gasteiger partial charge in [0, 0.05) is 23.3 Å². The van der Waals surface area contributed by atoms with Crippen molar-refractivity contribution in [3.8, 4) is 0 Å². The van der Waals surface area contributed by atoms with Crippen LogP contribution in [0.15, 0.2) is 6.20 Å². The van der Waals surface area contributed by atoms with Gasteiger partial charge in [-0.25, -0.2) is 0 Å². The lowest BCUT2D eigenvalue weighted by molar-refractivity contribution is 0.247. The quantitative estimate of drug-likeness (QED) is 0.874. The van der Waals surface area contributed by atoms with Gasteiger partial charge in [0.1, 0.15) is 0 Å². The van der Waals surface area contributed by atoms with E-state index in [0.717, 1.165) is 19.4 Å². The first kappa shape index (κ1) is 14.6. The lowest BCUT2D eigenvalue weighted by Crippen LogP contribution is -2.34. The second-order valence-corrected chi connectivity index (χ2v) is 6.80. The predicted octanol–water partition coefficient (Wildman–Crippen LogP) is 3.87. The minimum Gasteiger partial charge on any atom is -0.310 e. The van der Waals surface area contributed by atoms with E-state index in [2.05, 4.69) is 55.9 Å². The van der Waals surface area contributed by atoms with Gasteiger partial charge in [0.25, 0.3) is 0 Å². The van der Waals surface area contributed by atoms with Crippen molar-refractivity contribution in [3.63, 3.8) is 0 Å². The zero-order valence-corrected chi connectivity index (χ0v) is 13.2. The summed E-state index contributed by atoms with van der Waals surface area (Å²) in [4.78, 5) is 0. The molecule has 0 radical (unpaired) electrons. The molecule has 1 N–H and O–H groups in total. The lowest BCUT2D eigenvalue weighted by Gasteiger charge is -2.36. The number of hydrogen-bond donors (Lipinski definition) is 1. The third kappa shape index (κ3) is 3.02. The van der Waals surface area contributed by atoms with Crippen molar-refractivity contribution < 1.29 is 0 Å². The van der Waals surface area contributed by atoms with E-state index in [1.54, 1.807) is 0 Å². The molecular formula is C16H29N3. The van der Waals surface area contributed by atoms with Gasteiger partial charge < -0.3 is 5.32 Å². The standard InChI is InChI=1S/C16H29N3/c1-6-8-17-14-9-16(4,5)10-15-13(14)11-18-19(15)12(3)7-2/h11-12,14,17H,6-10H2,1-5H3. The molecule has 108 valence electrons. The molecule has 1 aliphatic rings. The predicted molar refractivity (Wildman–Crippen MR) is 80.4 cm³/mol. The highest BCUT2D eigenvalue weighted by Gasteiger charge is 2.35. The first-order chi connectivity index (χ1) is 8.98. The summed E-state index contributed by atoms with van der Waals surface area (Å²) in [6, 6.07) is 0.987. The van der Waals surface area contributed by atoms with E-state index >= 15 is 0 Å². The van der Waals surface area contributed by atoms with Crippen LogP contribution in [0.25, 0.3) is 0 Å². The summed E-state index contributed by atoms with van der Waals surface area (Å²) in [5.74, 6) is 0. The normalized spacial score (nSPS) is 23.1. The highest BCUT2D eigenvalue weighted by atomic mass is 15.3. The third-order valence-corrected chi connectivity index (χ3v) is 4.36. The monoisotopic (exact) mass is 263 g/mol. The molecule has 2 atom stereocenters. The molecule has 1 aromatic heterocycles. The Morgan fingerprint density at radius 3 is 2.84 bits per heavy atom. The van der Waals surface area contributed by atoms with Crippen LogP contribution in [0.1, 0.15) is 77.2 Å². The summed E-state index contributed by atoms with van der Waals surface area (Å²) in [6.45, 7) is 12.6. The number of rotatable bonds is 5. The summed E-state index contributed by atoms with van der Waals surface area (Å²) in [5.41, 5.74) is 3.26. The lowest BCUT2D eigenvalue weighted by atomic mass is 9.74. The van der Waals surface area contributed by atoms with Crippen LogP contribution in [-0.4, -0.2) is 16.3 Å². The summed E-state index contributed by atoms with van der Waals surface area (Å²) >= 11 is 0. The second-order valence-electron chi connectivity index (χ2n) is 6.80. The molecule has 0 fully saturated rings. The Balaban J connectivity index is 2.31. The Hall–Kier alpha value is -0.830. The zero-order chi connectivity index (χ0) is 14.0. The minimum atomic E-state index is 0.365. The average molecular weight is 263 g/mol. The van der Waals surface area contributed by atoms with Crippen LogP contribution < -0.4 is 5.32 Å². The molecule has 19 heavy (non-hydrogen) atoms. The zero-order valence-electron chi connectivity index (χ0n) is 13.2. The van der Waals surface area contributed by atoms with Crippen molar-refractivity contribution >= 4 is 0 Å². The van der Waals surface area contributed by atoms with Gasteiger partial charge >= 0.3 is 0 Å². The molecule has 1 aromatic rings. The van der Waals surface area contributed by atoms with E-state index in [0.29, 0.717) is 17.5 Å². The van der Waals surface area contributed by atoms with E-state index in [1.807, 2.05) is 0 Å². The van der Waals surface area contributed by atoms with Gasteiger partial charge in [0.05, 0.1) is 6.20 Å². The highest BCUT2D eigenvalue weighted by molar-refractivity contribution is 5.27. The Labute approximate surface area is 117 Å². The Morgan fingerprint density at radius 1 is 1.47 bits per heavy atom. The maximum absolute atomic E-state index is 4.67. The number of aromatic nitrogens is 2. The smallest absolute Gasteiger partial charge is 0.0540 e. The Morgan fingerprint density at radius 2 is 2.21 bits per heavy atom. The topological polar surface area (TPSA) is 29.9 Å². The summed E-state index contributed by atoms with van der Waals surface area (Å²) < 4.78 is 2.26. The Kier molecular flexibility index (Phi) is 4.34. The summed E-state index contributed by atoms with van der Waals surface area (Å²) in [5, 5.41) is 8.37. The van der Waals surface area contributed by atoms with Crippen LogP contribution in [0.3, 0.4) is 0 Å². The Bertz CT molecular complexity index is 420. The molecule has 0 bridgehead atoms. The molecule has 0 spiro atoms. The van der Waals surface area contributed by atoms with Crippen molar-refractivity contribution in [2.75, 3.05) is 6.54 Å². The number of hydrogen-bond acceptors (Lipinski definition) is 2. The molecule has 3 heteroatoms. The number of nitrogens with zero attached hydrogens (tertiary/aromatic N) is 2. The number of fused-ring (bicyclic) bond motifs is 1. The van der Waals surface area contributed by atoms with Crippen LogP contribution in [0, 0.1) is 5.41 Å². The van der Waals surface area contributed by atoms with E-state index < -0.39 is 0 Å². The molecule has 0 saturated carbocycles. The number of nitrogens with one attached hydrogen (secondary N) is 1. The van der Waals surface area contributed by atoms with Crippen molar-refractivity contribution in [1.82, 2.24) is 15.1 Å². The fourth-order valence-electron chi connectivity index (χ4n) is 3.12. The van der Waals surface area contributed by atoms with Gasteiger partial charge in [0.2, 0.25) is 0 Å². The molecule has 3 nitrogen and oxygen atoms in total. The van der Waals surface area contributed by atoms with Crippen molar-refractivity contribution in [1.29, 1.82) is 0 Å². The van der Waals surface area contributed by atoms with Crippen LogP contribution in [0.4, 0.5) is 0 Å². The molecule has 0 amide bonds. The van der Waals surface area contributed by atoms with Crippen LogP contribution >= 0.6 is 0 Å². The van der Waals surface area contributed by atoms with E-state index in [4.69, 9.17) is 0 Å². The average Bonchev–Trinajstić information content (AvgIpc) is 2.77. The SMILES string of the molecule is CCCNC1CC(C)(C)Cc2c1cnn2C(C)CC. The maximum Gasteiger partial charge on any atom is 0.0540 e. The van der Waals surface area contributed by atoms with Gasteiger partial charge in [-0.2, -0.15) is 5.10 Å². The van der Waals surface area contributed by atoms with E-state index in [1.165, 1.54) is 24.1 Å². The fraction of sp³-hybridized carbons (Fsp3) is 0.812. The molecule has 2 unspecified atom stereocenters. The van der Waals surface area contributed by atoms with Gasteiger partial charge in [0.15, 0.2) is 0 Å². The van der Waals surface area contributed by atoms with Gasteiger partial charge in [-0.1, -0.05) is 27.7 Å². The van der Waals surface area contributed by atoms with Crippen molar-refractivity contribution in [3.05, 3.63) is 17.5 Å². The molecule has 0 aliphatic heterocycles. The summed E-state index contributed by atoms with van der Waals surface area (Å²) in [6.07, 6.45) is 6.79. The van der Waals surface area contributed by atoms with Crippen LogP contribution in [0.2, 0.25) is 0 Å².